The summed E-state index contributed by atoms with van der Waals surface area (Å²) in [6.45, 7) is 7.18. The predicted octanol–water partition coefficient (Wildman–Crippen LogP) is 3.74. The molecule has 0 spiro atoms. The molecule has 0 fully saturated rings. The van der Waals surface area contributed by atoms with E-state index in [1.807, 2.05) is 20.8 Å². The highest BCUT2D eigenvalue weighted by Gasteiger charge is 2.17. The molecule has 0 saturated carbocycles. The van der Waals surface area contributed by atoms with E-state index >= 15 is 0 Å². The van der Waals surface area contributed by atoms with Crippen molar-refractivity contribution in [1.29, 1.82) is 0 Å². The van der Waals surface area contributed by atoms with Gasteiger partial charge in [0.15, 0.2) is 6.10 Å². The van der Waals surface area contributed by atoms with Crippen molar-refractivity contribution in [2.45, 2.75) is 44.7 Å². The number of carbonyl (C=O) groups is 1. The molecule has 0 radical (unpaired) electrons. The Hall–Kier alpha value is -2.25. The Balaban J connectivity index is 2.08. The molecule has 0 aliphatic heterocycles. The lowest BCUT2D eigenvalue weighted by atomic mass is 10.2. The fourth-order valence-corrected chi connectivity index (χ4v) is 3.46. The number of amides is 1. The van der Waals surface area contributed by atoms with Crippen molar-refractivity contribution in [2.24, 2.45) is 0 Å². The molecule has 6 nitrogen and oxygen atoms in total. The summed E-state index contributed by atoms with van der Waals surface area (Å²) in [5, 5.41) is 3.23. The van der Waals surface area contributed by atoms with Crippen molar-refractivity contribution in [2.75, 3.05) is 4.72 Å². The first-order valence-electron chi connectivity index (χ1n) is 8.44. The Morgan fingerprint density at radius 2 is 1.70 bits per heavy atom. The van der Waals surface area contributed by atoms with E-state index in [4.69, 9.17) is 16.3 Å². The maximum atomic E-state index is 12.5. The topological polar surface area (TPSA) is 84.5 Å². The third-order valence-corrected chi connectivity index (χ3v) is 5.48. The van der Waals surface area contributed by atoms with Gasteiger partial charge in [0.05, 0.1) is 10.6 Å². The number of carbonyl (C=O) groups excluding carboxylic acids is 1. The fourth-order valence-electron chi connectivity index (χ4n) is 2.23. The number of hydrogen-bond acceptors (Lipinski definition) is 4. The van der Waals surface area contributed by atoms with Crippen LogP contribution in [-0.4, -0.2) is 26.5 Å². The minimum absolute atomic E-state index is 0.0115. The molecule has 0 aliphatic rings. The summed E-state index contributed by atoms with van der Waals surface area (Å²) in [6.07, 6.45) is -0.692. The number of rotatable bonds is 7. The quantitative estimate of drug-likeness (QED) is 0.728. The van der Waals surface area contributed by atoms with Gasteiger partial charge in [0.25, 0.3) is 15.9 Å². The summed E-state index contributed by atoms with van der Waals surface area (Å²) in [5.41, 5.74) is 1.24. The van der Waals surface area contributed by atoms with E-state index < -0.39 is 16.1 Å². The van der Waals surface area contributed by atoms with E-state index in [1.165, 1.54) is 24.3 Å². The van der Waals surface area contributed by atoms with Crippen molar-refractivity contribution in [3.05, 3.63) is 53.1 Å². The average molecular weight is 411 g/mol. The minimum atomic E-state index is -3.76. The molecular formula is C19H23ClN2O4S. The van der Waals surface area contributed by atoms with Gasteiger partial charge in [-0.15, -0.1) is 0 Å². The van der Waals surface area contributed by atoms with E-state index in [0.717, 1.165) is 5.56 Å². The monoisotopic (exact) mass is 410 g/mol. The zero-order valence-corrected chi connectivity index (χ0v) is 17.2. The maximum absolute atomic E-state index is 12.5. The van der Waals surface area contributed by atoms with Crippen LogP contribution in [0.3, 0.4) is 0 Å². The fraction of sp³-hybridized carbons (Fsp3) is 0.316. The summed E-state index contributed by atoms with van der Waals surface area (Å²) >= 11 is 6.03. The van der Waals surface area contributed by atoms with Gasteiger partial charge in [-0.25, -0.2) is 8.42 Å². The zero-order valence-electron chi connectivity index (χ0n) is 15.6. The Morgan fingerprint density at radius 3 is 2.26 bits per heavy atom. The molecule has 0 unspecified atom stereocenters. The van der Waals surface area contributed by atoms with Crippen molar-refractivity contribution in [3.63, 3.8) is 0 Å². The van der Waals surface area contributed by atoms with Gasteiger partial charge in [-0.05, 0) is 69.7 Å². The van der Waals surface area contributed by atoms with E-state index in [9.17, 15) is 13.2 Å². The number of anilines is 1. The molecule has 0 aliphatic carbocycles. The van der Waals surface area contributed by atoms with Crippen LogP contribution in [0.4, 0.5) is 5.69 Å². The van der Waals surface area contributed by atoms with E-state index in [-0.39, 0.29) is 16.8 Å². The van der Waals surface area contributed by atoms with Crippen LogP contribution < -0.4 is 14.8 Å². The van der Waals surface area contributed by atoms with Crippen LogP contribution in [0.15, 0.2) is 47.4 Å². The third-order valence-electron chi connectivity index (χ3n) is 3.67. The number of halogens is 1. The van der Waals surface area contributed by atoms with Gasteiger partial charge >= 0.3 is 0 Å². The summed E-state index contributed by atoms with van der Waals surface area (Å²) in [4.78, 5) is 12.0. The highest BCUT2D eigenvalue weighted by atomic mass is 35.5. The van der Waals surface area contributed by atoms with Gasteiger partial charge in [-0.2, -0.15) is 0 Å². The molecule has 146 valence electrons. The van der Waals surface area contributed by atoms with E-state index in [2.05, 4.69) is 10.0 Å². The Bertz CT molecular complexity index is 912. The van der Waals surface area contributed by atoms with Crippen LogP contribution in [0.1, 0.15) is 26.3 Å². The summed E-state index contributed by atoms with van der Waals surface area (Å²) in [5.74, 6) is 0.165. The first-order valence-corrected chi connectivity index (χ1v) is 10.3. The number of benzene rings is 2. The van der Waals surface area contributed by atoms with Gasteiger partial charge < -0.3 is 10.1 Å². The maximum Gasteiger partial charge on any atom is 0.261 e. The molecule has 0 saturated heterocycles. The van der Waals surface area contributed by atoms with Crippen LogP contribution in [-0.2, 0) is 14.8 Å². The molecule has 2 N–H and O–H groups in total. The lowest BCUT2D eigenvalue weighted by molar-refractivity contribution is -0.127. The van der Waals surface area contributed by atoms with Gasteiger partial charge in [-0.3, -0.25) is 9.52 Å². The standard InChI is InChI=1S/C19H23ClN2O4S/c1-12(2)21-19(23)14(4)26-16-7-9-17(10-8-16)27(24,25)22-15-6-5-13(3)18(20)11-15/h5-12,14,22H,1-4H3,(H,21,23)/t14-/m0/s1. The Labute approximate surface area is 164 Å². The lowest BCUT2D eigenvalue weighted by Gasteiger charge is -2.16. The van der Waals surface area contributed by atoms with Crippen molar-refractivity contribution >= 4 is 33.2 Å². The predicted molar refractivity (Wildman–Crippen MR) is 107 cm³/mol. The van der Waals surface area contributed by atoms with Gasteiger partial charge in [0.1, 0.15) is 5.75 Å². The first kappa shape index (κ1) is 21.1. The molecule has 2 aromatic rings. The molecular weight excluding hydrogens is 388 g/mol. The second-order valence-corrected chi connectivity index (χ2v) is 8.55. The summed E-state index contributed by atoms with van der Waals surface area (Å²) in [6, 6.07) is 10.8. The molecule has 0 bridgehead atoms. The molecule has 1 atom stereocenters. The van der Waals surface area contributed by atoms with Gasteiger partial charge in [-0.1, -0.05) is 17.7 Å². The molecule has 0 heterocycles. The SMILES string of the molecule is Cc1ccc(NS(=O)(=O)c2ccc(O[C@@H](C)C(=O)NC(C)C)cc2)cc1Cl. The highest BCUT2D eigenvalue weighted by molar-refractivity contribution is 7.92. The van der Waals surface area contributed by atoms with Crippen LogP contribution in [0.2, 0.25) is 5.02 Å². The molecule has 1 amide bonds. The number of aryl methyl sites for hydroxylation is 1. The summed E-state index contributed by atoms with van der Waals surface area (Å²) in [7, 11) is -3.76. The molecule has 8 heteroatoms. The van der Waals surface area contributed by atoms with Crippen molar-refractivity contribution in [1.82, 2.24) is 5.32 Å². The lowest BCUT2D eigenvalue weighted by Crippen LogP contribution is -2.40. The molecule has 2 rings (SSSR count). The second kappa shape index (κ2) is 8.63. The Morgan fingerprint density at radius 1 is 1.07 bits per heavy atom. The highest BCUT2D eigenvalue weighted by Crippen LogP contribution is 2.23. The number of nitrogens with one attached hydrogen (secondary N) is 2. The number of hydrogen-bond donors (Lipinski definition) is 2. The average Bonchev–Trinajstić information content (AvgIpc) is 2.58. The smallest absolute Gasteiger partial charge is 0.261 e. The van der Waals surface area contributed by atoms with E-state index in [1.54, 1.807) is 25.1 Å². The first-order chi connectivity index (χ1) is 12.6. The molecule has 2 aromatic carbocycles. The van der Waals surface area contributed by atoms with Crippen LogP contribution in [0, 0.1) is 6.92 Å². The van der Waals surface area contributed by atoms with Crippen LogP contribution in [0.5, 0.6) is 5.75 Å². The summed E-state index contributed by atoms with van der Waals surface area (Å²) < 4.78 is 33.0. The van der Waals surface area contributed by atoms with Gasteiger partial charge in [0.2, 0.25) is 0 Å². The van der Waals surface area contributed by atoms with Crippen LogP contribution in [0.25, 0.3) is 0 Å². The normalized spacial score (nSPS) is 12.5. The van der Waals surface area contributed by atoms with E-state index in [0.29, 0.717) is 16.5 Å². The molecule has 0 aromatic heterocycles. The molecule has 27 heavy (non-hydrogen) atoms. The Kier molecular flexibility index (Phi) is 6.73. The van der Waals surface area contributed by atoms with Crippen molar-refractivity contribution < 1.29 is 17.9 Å². The second-order valence-electron chi connectivity index (χ2n) is 6.46. The largest absolute Gasteiger partial charge is 0.481 e. The number of sulfonamides is 1. The van der Waals surface area contributed by atoms with Gasteiger partial charge in [0, 0.05) is 11.1 Å². The third kappa shape index (κ3) is 5.87. The van der Waals surface area contributed by atoms with Crippen molar-refractivity contribution in [3.8, 4) is 5.75 Å². The zero-order chi connectivity index (χ0) is 20.2. The number of ether oxygens (including phenoxy) is 1. The minimum Gasteiger partial charge on any atom is -0.481 e. The van der Waals surface area contributed by atoms with Crippen LogP contribution >= 0.6 is 11.6 Å².